The van der Waals surface area contributed by atoms with E-state index in [0.29, 0.717) is 24.3 Å². The average molecular weight is 495 g/mol. The van der Waals surface area contributed by atoms with Crippen molar-refractivity contribution in [2.24, 2.45) is 11.7 Å². The van der Waals surface area contributed by atoms with Gasteiger partial charge in [-0.15, -0.1) is 0 Å². The van der Waals surface area contributed by atoms with Crippen LogP contribution in [0, 0.1) is 5.92 Å². The summed E-state index contributed by atoms with van der Waals surface area (Å²) >= 11 is 2.99. The lowest BCUT2D eigenvalue weighted by Crippen LogP contribution is -2.61. The third kappa shape index (κ3) is 10.9. The number of thioether (sulfide) groups is 2. The summed E-state index contributed by atoms with van der Waals surface area (Å²) in [5.74, 6) is -2.22. The second-order valence-electron chi connectivity index (χ2n) is 7.67. The van der Waals surface area contributed by atoms with E-state index in [1.165, 1.54) is 30.4 Å². The van der Waals surface area contributed by atoms with Gasteiger partial charge in [0.25, 0.3) is 0 Å². The first-order chi connectivity index (χ1) is 15.0. The first-order valence-electron chi connectivity index (χ1n) is 10.5. The second-order valence-corrected chi connectivity index (χ2v) is 9.64. The predicted octanol–water partition coefficient (Wildman–Crippen LogP) is -0.214. The fourth-order valence-corrected chi connectivity index (χ4v) is 3.70. The molecule has 0 fully saturated rings. The van der Waals surface area contributed by atoms with Crippen LogP contribution in [0.15, 0.2) is 0 Å². The average Bonchev–Trinajstić information content (AvgIpc) is 2.75. The maximum atomic E-state index is 12.9. The van der Waals surface area contributed by atoms with Crippen molar-refractivity contribution >= 4 is 47.2 Å². The van der Waals surface area contributed by atoms with E-state index in [1.54, 1.807) is 6.92 Å². The molecule has 0 aliphatic heterocycles. The van der Waals surface area contributed by atoms with Crippen LogP contribution in [0.25, 0.3) is 0 Å². The number of carboxylic acid groups (broad SMARTS) is 1. The number of hydrogen-bond donors (Lipinski definition) is 6. The molecule has 12 heteroatoms. The van der Waals surface area contributed by atoms with Crippen molar-refractivity contribution in [1.29, 1.82) is 0 Å². The number of rotatable bonds is 16. The van der Waals surface area contributed by atoms with Gasteiger partial charge in [0, 0.05) is 0 Å². The Hall–Kier alpha value is -1.50. The number of carbonyl (C=O) groups excluding carboxylic acids is 3. The van der Waals surface area contributed by atoms with E-state index >= 15 is 0 Å². The highest BCUT2D eigenvalue weighted by atomic mass is 32.2. The van der Waals surface area contributed by atoms with Crippen molar-refractivity contribution < 1.29 is 29.4 Å². The van der Waals surface area contributed by atoms with Crippen LogP contribution in [0.2, 0.25) is 0 Å². The lowest BCUT2D eigenvalue weighted by atomic mass is 9.97. The van der Waals surface area contributed by atoms with Gasteiger partial charge in [-0.1, -0.05) is 20.3 Å². The number of carboxylic acids is 1. The Morgan fingerprint density at radius 2 is 1.38 bits per heavy atom. The topological polar surface area (TPSA) is 171 Å². The van der Waals surface area contributed by atoms with Crippen molar-refractivity contribution in [3.05, 3.63) is 0 Å². The summed E-state index contributed by atoms with van der Waals surface area (Å²) in [4.78, 5) is 49.5. The van der Waals surface area contributed by atoms with Crippen molar-refractivity contribution in [2.45, 2.75) is 70.3 Å². The highest BCUT2D eigenvalue weighted by Gasteiger charge is 2.34. The molecule has 186 valence electrons. The van der Waals surface area contributed by atoms with Crippen LogP contribution in [-0.4, -0.2) is 88.2 Å². The number of carbonyl (C=O) groups is 4. The third-order valence-corrected chi connectivity index (χ3v) is 6.34. The summed E-state index contributed by atoms with van der Waals surface area (Å²) in [6, 6.07) is -4.26. The van der Waals surface area contributed by atoms with Crippen molar-refractivity contribution in [3.63, 3.8) is 0 Å². The standard InChI is InChI=1S/C20H38N4O6S2/c1-6-11(2)15(18(27)22-14(20(29)30)8-10-32-5)23-19(28)16(12(3)25)24-17(26)13(21)7-9-31-4/h11-16,25H,6-10,21H2,1-5H3,(H,22,27)(H,23,28)(H,24,26)(H,29,30). The van der Waals surface area contributed by atoms with Crippen LogP contribution in [0.1, 0.15) is 40.0 Å². The lowest BCUT2D eigenvalue weighted by Gasteiger charge is -2.29. The molecule has 6 atom stereocenters. The molecule has 0 heterocycles. The van der Waals surface area contributed by atoms with Crippen molar-refractivity contribution in [1.82, 2.24) is 16.0 Å². The van der Waals surface area contributed by atoms with Crippen molar-refractivity contribution in [3.8, 4) is 0 Å². The molecule has 0 aliphatic rings. The zero-order valence-corrected chi connectivity index (χ0v) is 21.1. The zero-order valence-electron chi connectivity index (χ0n) is 19.4. The van der Waals surface area contributed by atoms with Gasteiger partial charge >= 0.3 is 5.97 Å². The number of nitrogens with two attached hydrogens (primary N) is 1. The van der Waals surface area contributed by atoms with E-state index in [2.05, 4.69) is 16.0 Å². The molecule has 32 heavy (non-hydrogen) atoms. The Morgan fingerprint density at radius 1 is 0.875 bits per heavy atom. The van der Waals surface area contributed by atoms with Gasteiger partial charge in [-0.2, -0.15) is 23.5 Å². The van der Waals surface area contributed by atoms with Gasteiger partial charge < -0.3 is 31.9 Å². The van der Waals surface area contributed by atoms with E-state index in [0.717, 1.165) is 0 Å². The number of aliphatic hydroxyl groups is 1. The van der Waals surface area contributed by atoms with Crippen LogP contribution < -0.4 is 21.7 Å². The highest BCUT2D eigenvalue weighted by molar-refractivity contribution is 7.98. The largest absolute Gasteiger partial charge is 0.480 e. The molecule has 0 rings (SSSR count). The molecule has 7 N–H and O–H groups in total. The van der Waals surface area contributed by atoms with E-state index in [-0.39, 0.29) is 12.3 Å². The molecule has 0 spiro atoms. The number of hydrogen-bond acceptors (Lipinski definition) is 8. The van der Waals surface area contributed by atoms with Crippen LogP contribution in [-0.2, 0) is 19.2 Å². The molecule has 0 saturated heterocycles. The minimum absolute atomic E-state index is 0.240. The summed E-state index contributed by atoms with van der Waals surface area (Å²) in [5, 5.41) is 26.9. The molecular weight excluding hydrogens is 456 g/mol. The summed E-state index contributed by atoms with van der Waals surface area (Å²) < 4.78 is 0. The monoisotopic (exact) mass is 494 g/mol. The van der Waals surface area contributed by atoms with E-state index in [9.17, 15) is 29.4 Å². The molecular formula is C20H38N4O6S2. The fraction of sp³-hybridized carbons (Fsp3) is 0.800. The summed E-state index contributed by atoms with van der Waals surface area (Å²) in [6.45, 7) is 4.92. The van der Waals surface area contributed by atoms with Gasteiger partial charge in [0.2, 0.25) is 17.7 Å². The van der Waals surface area contributed by atoms with Gasteiger partial charge in [-0.3, -0.25) is 14.4 Å². The van der Waals surface area contributed by atoms with E-state index < -0.39 is 54.0 Å². The van der Waals surface area contributed by atoms with Gasteiger partial charge in [-0.25, -0.2) is 4.79 Å². The SMILES string of the molecule is CCC(C)C(NC(=O)C(NC(=O)C(N)CCSC)C(C)O)C(=O)NC(CCSC)C(=O)O. The molecule has 0 saturated carbocycles. The molecule has 10 nitrogen and oxygen atoms in total. The quantitative estimate of drug-likeness (QED) is 0.170. The fourth-order valence-electron chi connectivity index (χ4n) is 2.74. The molecule has 0 bridgehead atoms. The van der Waals surface area contributed by atoms with Crippen LogP contribution in [0.4, 0.5) is 0 Å². The first-order valence-corrected chi connectivity index (χ1v) is 13.3. The highest BCUT2D eigenvalue weighted by Crippen LogP contribution is 2.11. The van der Waals surface area contributed by atoms with E-state index in [1.807, 2.05) is 19.4 Å². The summed E-state index contributed by atoms with van der Waals surface area (Å²) in [7, 11) is 0. The molecule has 3 amide bonds. The van der Waals surface area contributed by atoms with Gasteiger partial charge in [0.15, 0.2) is 0 Å². The van der Waals surface area contributed by atoms with Gasteiger partial charge in [0.1, 0.15) is 18.1 Å². The molecule has 0 aromatic carbocycles. The van der Waals surface area contributed by atoms with Crippen LogP contribution >= 0.6 is 23.5 Å². The number of amides is 3. The Labute approximate surface area is 198 Å². The van der Waals surface area contributed by atoms with Crippen molar-refractivity contribution in [2.75, 3.05) is 24.0 Å². The third-order valence-electron chi connectivity index (χ3n) is 5.05. The van der Waals surface area contributed by atoms with Crippen LogP contribution in [0.3, 0.4) is 0 Å². The van der Waals surface area contributed by atoms with E-state index in [4.69, 9.17) is 5.73 Å². The smallest absolute Gasteiger partial charge is 0.326 e. The molecule has 6 unspecified atom stereocenters. The molecule has 0 aliphatic carbocycles. The number of aliphatic carboxylic acids is 1. The molecule has 0 radical (unpaired) electrons. The Balaban J connectivity index is 5.39. The minimum Gasteiger partial charge on any atom is -0.480 e. The lowest BCUT2D eigenvalue weighted by molar-refractivity contribution is -0.142. The summed E-state index contributed by atoms with van der Waals surface area (Å²) in [5.41, 5.74) is 5.83. The maximum absolute atomic E-state index is 12.9. The number of nitrogens with one attached hydrogen (secondary N) is 3. The van der Waals surface area contributed by atoms with Gasteiger partial charge in [-0.05, 0) is 49.7 Å². The summed E-state index contributed by atoms with van der Waals surface area (Å²) in [6.07, 6.45) is 3.66. The maximum Gasteiger partial charge on any atom is 0.326 e. The van der Waals surface area contributed by atoms with Gasteiger partial charge in [0.05, 0.1) is 12.1 Å². The predicted molar refractivity (Wildman–Crippen MR) is 129 cm³/mol. The minimum atomic E-state index is -1.31. The van der Waals surface area contributed by atoms with Crippen LogP contribution in [0.5, 0.6) is 0 Å². The molecule has 0 aromatic heterocycles. The Kier molecular flexibility index (Phi) is 15.4. The normalized spacial score (nSPS) is 16.7. The Bertz CT molecular complexity index is 623. The second kappa shape index (κ2) is 16.2. The Morgan fingerprint density at radius 3 is 1.84 bits per heavy atom. The first kappa shape index (κ1) is 30.5. The zero-order chi connectivity index (χ0) is 24.8. The number of aliphatic hydroxyl groups excluding tert-OH is 1. The molecule has 0 aromatic rings.